The van der Waals surface area contributed by atoms with Gasteiger partial charge in [0.2, 0.25) is 0 Å². The van der Waals surface area contributed by atoms with Crippen LogP contribution in [0.15, 0.2) is 6.20 Å². The van der Waals surface area contributed by atoms with Gasteiger partial charge >= 0.3 is 0 Å². The van der Waals surface area contributed by atoms with Crippen LogP contribution < -0.4 is 11.1 Å². The standard InChI is InChI=1S/C11H20N4O2/c1-4-15-7-8(12)9(14-15)10(17)13-11(2,3)5-6-16/h7,16H,4-6,12H2,1-3H3,(H,13,17). The highest BCUT2D eigenvalue weighted by molar-refractivity contribution is 5.97. The number of aliphatic hydroxyl groups excluding tert-OH is 1. The van der Waals surface area contributed by atoms with E-state index in [9.17, 15) is 4.79 Å². The molecular formula is C11H20N4O2. The van der Waals surface area contributed by atoms with Gasteiger partial charge in [0, 0.05) is 24.9 Å². The number of nitrogens with zero attached hydrogens (tertiary/aromatic N) is 2. The van der Waals surface area contributed by atoms with Crippen LogP contribution in [0.1, 0.15) is 37.7 Å². The number of nitrogens with two attached hydrogens (primary N) is 1. The van der Waals surface area contributed by atoms with Gasteiger partial charge in [0.1, 0.15) is 0 Å². The summed E-state index contributed by atoms with van der Waals surface area (Å²) in [5.41, 5.74) is 5.84. The molecule has 1 amide bonds. The van der Waals surface area contributed by atoms with Gasteiger partial charge in [-0.1, -0.05) is 0 Å². The molecule has 1 heterocycles. The topological polar surface area (TPSA) is 93.2 Å². The molecule has 0 radical (unpaired) electrons. The predicted molar refractivity (Wildman–Crippen MR) is 65.6 cm³/mol. The van der Waals surface area contributed by atoms with Crippen LogP contribution in [0.2, 0.25) is 0 Å². The minimum atomic E-state index is -0.478. The lowest BCUT2D eigenvalue weighted by Gasteiger charge is -2.24. The molecule has 1 aromatic rings. The number of hydrogen-bond donors (Lipinski definition) is 3. The Labute approximate surface area is 101 Å². The number of hydrogen-bond acceptors (Lipinski definition) is 4. The van der Waals surface area contributed by atoms with E-state index in [4.69, 9.17) is 10.8 Å². The molecule has 0 saturated heterocycles. The Morgan fingerprint density at radius 1 is 1.65 bits per heavy atom. The molecular weight excluding hydrogens is 220 g/mol. The fourth-order valence-corrected chi connectivity index (χ4v) is 1.48. The van der Waals surface area contributed by atoms with E-state index >= 15 is 0 Å². The number of amides is 1. The molecule has 0 aromatic carbocycles. The zero-order chi connectivity index (χ0) is 13.1. The molecule has 0 aliphatic rings. The molecule has 1 aromatic heterocycles. The first kappa shape index (κ1) is 13.5. The molecule has 17 heavy (non-hydrogen) atoms. The van der Waals surface area contributed by atoms with E-state index in [1.807, 2.05) is 20.8 Å². The molecule has 1 rings (SSSR count). The number of carbonyl (C=O) groups is 1. The van der Waals surface area contributed by atoms with Gasteiger partial charge in [-0.25, -0.2) is 0 Å². The van der Waals surface area contributed by atoms with Crippen LogP contribution in [-0.2, 0) is 6.54 Å². The number of aliphatic hydroxyl groups is 1. The van der Waals surface area contributed by atoms with Gasteiger partial charge in [0.05, 0.1) is 5.69 Å². The molecule has 0 atom stereocenters. The lowest BCUT2D eigenvalue weighted by atomic mass is 10.0. The van der Waals surface area contributed by atoms with Crippen molar-refractivity contribution in [1.82, 2.24) is 15.1 Å². The second-order valence-electron chi connectivity index (χ2n) is 4.60. The summed E-state index contributed by atoms with van der Waals surface area (Å²) < 4.78 is 1.61. The number of nitrogens with one attached hydrogen (secondary N) is 1. The van der Waals surface area contributed by atoms with Crippen LogP contribution >= 0.6 is 0 Å². The van der Waals surface area contributed by atoms with E-state index < -0.39 is 5.54 Å². The molecule has 0 aliphatic carbocycles. The zero-order valence-corrected chi connectivity index (χ0v) is 10.5. The van der Waals surface area contributed by atoms with Crippen molar-refractivity contribution in [2.24, 2.45) is 0 Å². The molecule has 0 spiro atoms. The molecule has 0 bridgehead atoms. The van der Waals surface area contributed by atoms with Crippen LogP contribution in [0, 0.1) is 0 Å². The highest BCUT2D eigenvalue weighted by Gasteiger charge is 2.23. The van der Waals surface area contributed by atoms with Crippen LogP contribution in [0.4, 0.5) is 5.69 Å². The smallest absolute Gasteiger partial charge is 0.274 e. The Hall–Kier alpha value is -1.56. The quantitative estimate of drug-likeness (QED) is 0.693. The van der Waals surface area contributed by atoms with Gasteiger partial charge in [-0.2, -0.15) is 5.10 Å². The van der Waals surface area contributed by atoms with Crippen LogP contribution in [0.5, 0.6) is 0 Å². The third kappa shape index (κ3) is 3.45. The summed E-state index contributed by atoms with van der Waals surface area (Å²) in [4.78, 5) is 11.9. The third-order valence-corrected chi connectivity index (χ3v) is 2.52. The number of anilines is 1. The van der Waals surface area contributed by atoms with Gasteiger partial charge in [-0.3, -0.25) is 9.48 Å². The fraction of sp³-hybridized carbons (Fsp3) is 0.636. The van der Waals surface area contributed by atoms with E-state index in [0.717, 1.165) is 0 Å². The van der Waals surface area contributed by atoms with Crippen molar-refractivity contribution in [2.45, 2.75) is 39.3 Å². The van der Waals surface area contributed by atoms with E-state index in [-0.39, 0.29) is 18.2 Å². The second-order valence-corrected chi connectivity index (χ2v) is 4.60. The minimum Gasteiger partial charge on any atom is -0.396 e. The number of aromatic nitrogens is 2. The highest BCUT2D eigenvalue weighted by Crippen LogP contribution is 2.13. The van der Waals surface area contributed by atoms with Crippen molar-refractivity contribution in [3.8, 4) is 0 Å². The summed E-state index contributed by atoms with van der Waals surface area (Å²) in [7, 11) is 0. The zero-order valence-electron chi connectivity index (χ0n) is 10.5. The lowest BCUT2D eigenvalue weighted by molar-refractivity contribution is 0.0894. The normalized spacial score (nSPS) is 11.5. The van der Waals surface area contributed by atoms with Gasteiger partial charge < -0.3 is 16.2 Å². The fourth-order valence-electron chi connectivity index (χ4n) is 1.48. The lowest BCUT2D eigenvalue weighted by Crippen LogP contribution is -2.44. The molecule has 0 aliphatic heterocycles. The van der Waals surface area contributed by atoms with E-state index in [1.165, 1.54) is 0 Å². The minimum absolute atomic E-state index is 0.0200. The molecule has 96 valence electrons. The Kier molecular flexibility index (Phi) is 4.11. The van der Waals surface area contributed by atoms with Crippen LogP contribution in [0.3, 0.4) is 0 Å². The second kappa shape index (κ2) is 5.18. The Morgan fingerprint density at radius 3 is 2.76 bits per heavy atom. The van der Waals surface area contributed by atoms with Gasteiger partial charge in [0.15, 0.2) is 5.69 Å². The predicted octanol–water partition coefficient (Wildman–Crippen LogP) is 0.376. The van der Waals surface area contributed by atoms with Crippen molar-refractivity contribution in [1.29, 1.82) is 0 Å². The summed E-state index contributed by atoms with van der Waals surface area (Å²) >= 11 is 0. The summed E-state index contributed by atoms with van der Waals surface area (Å²) in [6.07, 6.45) is 2.11. The number of carbonyl (C=O) groups excluding carboxylic acids is 1. The maximum Gasteiger partial charge on any atom is 0.274 e. The monoisotopic (exact) mass is 240 g/mol. The summed E-state index contributed by atoms with van der Waals surface area (Å²) in [5, 5.41) is 15.8. The Bertz CT molecular complexity index is 398. The van der Waals surface area contributed by atoms with Gasteiger partial charge in [-0.05, 0) is 27.2 Å². The van der Waals surface area contributed by atoms with Crippen LogP contribution in [0.25, 0.3) is 0 Å². The first-order chi connectivity index (χ1) is 7.89. The number of aryl methyl sites for hydroxylation is 1. The largest absolute Gasteiger partial charge is 0.396 e. The molecule has 4 N–H and O–H groups in total. The van der Waals surface area contributed by atoms with E-state index in [1.54, 1.807) is 10.9 Å². The third-order valence-electron chi connectivity index (χ3n) is 2.52. The van der Waals surface area contributed by atoms with Gasteiger partial charge in [-0.15, -0.1) is 0 Å². The van der Waals surface area contributed by atoms with Gasteiger partial charge in [0.25, 0.3) is 5.91 Å². The first-order valence-electron chi connectivity index (χ1n) is 5.66. The SMILES string of the molecule is CCn1cc(N)c(C(=O)NC(C)(C)CCO)n1. The van der Waals surface area contributed by atoms with Crippen LogP contribution in [-0.4, -0.2) is 32.9 Å². The molecule has 6 heteroatoms. The highest BCUT2D eigenvalue weighted by atomic mass is 16.3. The molecule has 0 fully saturated rings. The van der Waals surface area contributed by atoms with Crippen molar-refractivity contribution >= 4 is 11.6 Å². The Balaban J connectivity index is 2.79. The molecule has 0 unspecified atom stereocenters. The number of nitrogen functional groups attached to an aromatic ring is 1. The maximum absolute atomic E-state index is 11.9. The maximum atomic E-state index is 11.9. The van der Waals surface area contributed by atoms with Crippen molar-refractivity contribution in [3.05, 3.63) is 11.9 Å². The summed E-state index contributed by atoms with van der Waals surface area (Å²) in [6, 6.07) is 0. The van der Waals surface area contributed by atoms with Crippen molar-refractivity contribution in [3.63, 3.8) is 0 Å². The number of rotatable bonds is 5. The Morgan fingerprint density at radius 2 is 2.29 bits per heavy atom. The summed E-state index contributed by atoms with van der Waals surface area (Å²) in [6.45, 7) is 6.29. The van der Waals surface area contributed by atoms with E-state index in [0.29, 0.717) is 18.7 Å². The average Bonchev–Trinajstić information content (AvgIpc) is 2.58. The molecule has 0 saturated carbocycles. The molecule has 6 nitrogen and oxygen atoms in total. The van der Waals surface area contributed by atoms with E-state index in [2.05, 4.69) is 10.4 Å². The van der Waals surface area contributed by atoms with Crippen molar-refractivity contribution in [2.75, 3.05) is 12.3 Å². The summed E-state index contributed by atoms with van der Waals surface area (Å²) in [5.74, 6) is -0.312. The first-order valence-corrected chi connectivity index (χ1v) is 5.66. The van der Waals surface area contributed by atoms with Crippen molar-refractivity contribution < 1.29 is 9.90 Å². The average molecular weight is 240 g/mol.